The first-order chi connectivity index (χ1) is 10.0. The van der Waals surface area contributed by atoms with Gasteiger partial charge in [-0.3, -0.25) is 4.21 Å². The molecule has 1 aliphatic heterocycles. The molecule has 2 aromatic rings. The van der Waals surface area contributed by atoms with Gasteiger partial charge in [-0.2, -0.15) is 0 Å². The Kier molecular flexibility index (Phi) is 3.91. The maximum Gasteiger partial charge on any atom is 0.123 e. The predicted molar refractivity (Wildman–Crippen MR) is 86.4 cm³/mol. The molecule has 0 saturated carbocycles. The summed E-state index contributed by atoms with van der Waals surface area (Å²) in [5.74, 6) is 1.32. The highest BCUT2D eigenvalue weighted by Crippen LogP contribution is 2.31. The summed E-state index contributed by atoms with van der Waals surface area (Å²) >= 11 is 6.11. The van der Waals surface area contributed by atoms with Crippen LogP contribution in [0.1, 0.15) is 11.1 Å². The van der Waals surface area contributed by atoms with Crippen LogP contribution in [-0.4, -0.2) is 16.1 Å². The number of ether oxygens (including phenoxy) is 1. The zero-order valence-electron chi connectivity index (χ0n) is 11.6. The Balaban J connectivity index is 1.72. The minimum atomic E-state index is -1.20. The van der Waals surface area contributed by atoms with Crippen LogP contribution < -0.4 is 10.5 Å². The molecule has 0 fully saturated rings. The molecule has 2 N–H and O–H groups in total. The van der Waals surface area contributed by atoms with Gasteiger partial charge in [0.1, 0.15) is 11.9 Å². The molecule has 3 rings (SSSR count). The number of nitrogens with two attached hydrogens (primary N) is 1. The lowest BCUT2D eigenvalue weighted by Crippen LogP contribution is -2.21. The second-order valence-corrected chi connectivity index (χ2v) is 7.13. The molecule has 0 amide bonds. The Bertz CT molecular complexity index is 717. The largest absolute Gasteiger partial charge is 0.489 e. The lowest BCUT2D eigenvalue weighted by atomic mass is 10.1. The molecule has 0 saturated heterocycles. The number of hydrogen-bond acceptors (Lipinski definition) is 3. The van der Waals surface area contributed by atoms with Crippen molar-refractivity contribution in [3.8, 4) is 5.75 Å². The number of nitrogen functional groups attached to an aromatic ring is 1. The number of hydrogen-bond donors (Lipinski definition) is 1. The van der Waals surface area contributed by atoms with Gasteiger partial charge in [-0.1, -0.05) is 29.3 Å². The first-order valence-electron chi connectivity index (χ1n) is 6.72. The molecule has 21 heavy (non-hydrogen) atoms. The first-order valence-corrected chi connectivity index (χ1v) is 8.42. The van der Waals surface area contributed by atoms with E-state index in [-0.39, 0.29) is 6.10 Å². The number of benzene rings is 2. The van der Waals surface area contributed by atoms with Gasteiger partial charge in [0.2, 0.25) is 0 Å². The summed E-state index contributed by atoms with van der Waals surface area (Å²) in [7, 11) is -1.20. The third kappa shape index (κ3) is 3.06. The van der Waals surface area contributed by atoms with Crippen LogP contribution in [0.25, 0.3) is 0 Å². The lowest BCUT2D eigenvalue weighted by molar-refractivity contribution is 0.258. The topological polar surface area (TPSA) is 52.3 Å². The van der Waals surface area contributed by atoms with Crippen molar-refractivity contribution in [1.29, 1.82) is 0 Å². The van der Waals surface area contributed by atoms with Crippen LogP contribution in [0.4, 0.5) is 5.69 Å². The van der Waals surface area contributed by atoms with Crippen LogP contribution in [0, 0.1) is 6.92 Å². The lowest BCUT2D eigenvalue weighted by Gasteiger charge is -2.11. The zero-order valence-corrected chi connectivity index (χ0v) is 13.2. The highest BCUT2D eigenvalue weighted by atomic mass is 35.5. The van der Waals surface area contributed by atoms with E-state index < -0.39 is 10.8 Å². The molecule has 1 heterocycles. The summed E-state index contributed by atoms with van der Waals surface area (Å²) in [6.07, 6.45) is 0.714. The van der Waals surface area contributed by atoms with Gasteiger partial charge in [-0.25, -0.2) is 0 Å². The fourth-order valence-corrected chi connectivity index (χ4v) is 4.15. The third-order valence-corrected chi connectivity index (χ3v) is 5.44. The number of aryl methyl sites for hydroxylation is 1. The van der Waals surface area contributed by atoms with E-state index in [1.165, 1.54) is 11.1 Å². The van der Waals surface area contributed by atoms with Gasteiger partial charge in [-0.15, -0.1) is 0 Å². The molecule has 1 aliphatic rings. The van der Waals surface area contributed by atoms with E-state index in [2.05, 4.69) is 13.0 Å². The van der Waals surface area contributed by atoms with Gasteiger partial charge in [0.15, 0.2) is 0 Å². The van der Waals surface area contributed by atoms with Crippen molar-refractivity contribution in [2.45, 2.75) is 24.3 Å². The van der Waals surface area contributed by atoms with Crippen LogP contribution >= 0.6 is 11.6 Å². The van der Waals surface area contributed by atoms with Crippen LogP contribution in [0.15, 0.2) is 41.3 Å². The summed E-state index contributed by atoms with van der Waals surface area (Å²) in [5.41, 5.74) is 8.61. The molecule has 0 bridgehead atoms. The van der Waals surface area contributed by atoms with E-state index >= 15 is 0 Å². The monoisotopic (exact) mass is 321 g/mol. The van der Waals surface area contributed by atoms with Gasteiger partial charge < -0.3 is 10.5 Å². The molecule has 0 radical (unpaired) electrons. The molecule has 5 heteroatoms. The fraction of sp³-hybridized carbons (Fsp3) is 0.250. The van der Waals surface area contributed by atoms with Crippen molar-refractivity contribution < 1.29 is 8.95 Å². The molecular formula is C16H16ClNO2S. The van der Waals surface area contributed by atoms with E-state index in [1.807, 2.05) is 12.1 Å². The fourth-order valence-electron chi connectivity index (χ4n) is 2.50. The Hall–Kier alpha value is -1.52. The maximum absolute atomic E-state index is 12.5. The van der Waals surface area contributed by atoms with Gasteiger partial charge >= 0.3 is 0 Å². The molecule has 2 atom stereocenters. The van der Waals surface area contributed by atoms with Gasteiger partial charge in [-0.05, 0) is 36.8 Å². The number of halogens is 1. The Morgan fingerprint density at radius 2 is 2.14 bits per heavy atom. The standard InChI is InChI=1S/C16H16ClNO2S/c1-10-2-4-15-11(6-10)7-13(20-15)9-21(19)16-5-3-12(18)8-14(16)17/h2-6,8,13H,7,9,18H2,1H3. The second-order valence-electron chi connectivity index (χ2n) is 5.26. The normalized spacial score (nSPS) is 18.1. The second kappa shape index (κ2) is 5.70. The summed E-state index contributed by atoms with van der Waals surface area (Å²) < 4.78 is 18.3. The first kappa shape index (κ1) is 14.4. The minimum absolute atomic E-state index is 0.0729. The zero-order chi connectivity index (χ0) is 15.0. The number of anilines is 1. The summed E-state index contributed by atoms with van der Waals surface area (Å²) in [6.45, 7) is 2.06. The SMILES string of the molecule is Cc1ccc2c(c1)CC(CS(=O)c1ccc(N)cc1Cl)O2. The third-order valence-electron chi connectivity index (χ3n) is 3.50. The molecule has 0 aromatic heterocycles. The van der Waals surface area contributed by atoms with Crippen LogP contribution in [0.5, 0.6) is 5.75 Å². The van der Waals surface area contributed by atoms with Gasteiger partial charge in [0.05, 0.1) is 26.5 Å². The highest BCUT2D eigenvalue weighted by Gasteiger charge is 2.25. The van der Waals surface area contributed by atoms with Crippen molar-refractivity contribution in [3.63, 3.8) is 0 Å². The Morgan fingerprint density at radius 3 is 2.90 bits per heavy atom. The summed E-state index contributed by atoms with van der Waals surface area (Å²) in [4.78, 5) is 0.613. The predicted octanol–water partition coefficient (Wildman–Crippen LogP) is 3.34. The van der Waals surface area contributed by atoms with E-state index in [9.17, 15) is 4.21 Å². The number of rotatable bonds is 3. The molecule has 0 spiro atoms. The van der Waals surface area contributed by atoms with E-state index in [0.717, 1.165) is 12.2 Å². The molecule has 0 aliphatic carbocycles. The molecular weight excluding hydrogens is 306 g/mol. The quantitative estimate of drug-likeness (QED) is 0.882. The average molecular weight is 322 g/mol. The minimum Gasteiger partial charge on any atom is -0.489 e. The molecule has 2 aromatic carbocycles. The van der Waals surface area contributed by atoms with E-state index in [4.69, 9.17) is 22.1 Å². The molecule has 110 valence electrons. The van der Waals surface area contributed by atoms with Crippen LogP contribution in [0.3, 0.4) is 0 Å². The highest BCUT2D eigenvalue weighted by molar-refractivity contribution is 7.85. The van der Waals surface area contributed by atoms with E-state index in [0.29, 0.717) is 21.4 Å². The van der Waals surface area contributed by atoms with Crippen LogP contribution in [0.2, 0.25) is 5.02 Å². The molecule has 3 nitrogen and oxygen atoms in total. The van der Waals surface area contributed by atoms with Crippen molar-refractivity contribution in [1.82, 2.24) is 0 Å². The van der Waals surface area contributed by atoms with Gasteiger partial charge in [0, 0.05) is 12.1 Å². The smallest absolute Gasteiger partial charge is 0.123 e. The molecule has 2 unspecified atom stereocenters. The number of fused-ring (bicyclic) bond motifs is 1. The Labute approximate surface area is 131 Å². The van der Waals surface area contributed by atoms with Crippen molar-refractivity contribution in [3.05, 3.63) is 52.5 Å². The maximum atomic E-state index is 12.5. The van der Waals surface area contributed by atoms with Crippen molar-refractivity contribution >= 4 is 28.1 Å². The van der Waals surface area contributed by atoms with E-state index in [1.54, 1.807) is 18.2 Å². The Morgan fingerprint density at radius 1 is 1.33 bits per heavy atom. The summed E-state index contributed by atoms with van der Waals surface area (Å²) in [6, 6.07) is 11.2. The van der Waals surface area contributed by atoms with Gasteiger partial charge in [0.25, 0.3) is 0 Å². The van der Waals surface area contributed by atoms with Crippen molar-refractivity contribution in [2.24, 2.45) is 0 Å². The summed E-state index contributed by atoms with van der Waals surface area (Å²) in [5, 5.41) is 0.444. The van der Waals surface area contributed by atoms with Crippen molar-refractivity contribution in [2.75, 3.05) is 11.5 Å². The average Bonchev–Trinajstić information content (AvgIpc) is 2.79. The van der Waals surface area contributed by atoms with Crippen LogP contribution in [-0.2, 0) is 17.2 Å².